The zero-order valence-corrected chi connectivity index (χ0v) is 16.7. The van der Waals surface area contributed by atoms with E-state index >= 15 is 0 Å². The van der Waals surface area contributed by atoms with Gasteiger partial charge >= 0.3 is 0 Å². The van der Waals surface area contributed by atoms with Crippen LogP contribution >= 0.6 is 0 Å². The molecule has 2 N–H and O–H groups in total. The Morgan fingerprint density at radius 2 is 1.92 bits per heavy atom. The maximum Gasteiger partial charge on any atom is 0.225 e. The van der Waals surface area contributed by atoms with Gasteiger partial charge in [-0.2, -0.15) is 0 Å². The molecule has 1 saturated heterocycles. The Bertz CT molecular complexity index is 485. The number of likely N-dealkylation sites (N-methyl/N-ethyl adjacent to an activating group) is 1. The maximum atomic E-state index is 12.6. The first-order valence-corrected chi connectivity index (χ1v) is 10.8. The van der Waals surface area contributed by atoms with E-state index in [0.717, 1.165) is 70.5 Å². The van der Waals surface area contributed by atoms with E-state index in [2.05, 4.69) is 34.3 Å². The molecule has 3 rings (SSSR count). The highest BCUT2D eigenvalue weighted by atomic mass is 16.2. The van der Waals surface area contributed by atoms with E-state index in [9.17, 15) is 4.79 Å². The summed E-state index contributed by atoms with van der Waals surface area (Å²) < 4.78 is 0. The number of carbonyl (C=O) groups excluding carboxylic acids is 1. The molecule has 1 amide bonds. The van der Waals surface area contributed by atoms with Crippen LogP contribution in [0.15, 0.2) is 4.99 Å². The average molecular weight is 364 g/mol. The summed E-state index contributed by atoms with van der Waals surface area (Å²) in [6.07, 6.45) is 8.34. The summed E-state index contributed by atoms with van der Waals surface area (Å²) >= 11 is 0. The molecular weight excluding hydrogens is 326 g/mol. The number of carbonyl (C=O) groups is 1. The standard InChI is InChI=1S/C20H37N5O/c1-3-21-20(22-12-14-24(4-2)18-9-10-18)23-17-11-13-25(15-17)19(26)16-7-5-6-8-16/h16-18H,3-15H2,1-2H3,(H2,21,22,23). The van der Waals surface area contributed by atoms with Gasteiger partial charge in [0.25, 0.3) is 0 Å². The predicted octanol–water partition coefficient (Wildman–Crippen LogP) is 1.82. The van der Waals surface area contributed by atoms with E-state index < -0.39 is 0 Å². The summed E-state index contributed by atoms with van der Waals surface area (Å²) in [5.74, 6) is 1.58. The van der Waals surface area contributed by atoms with E-state index in [1.54, 1.807) is 0 Å². The molecule has 26 heavy (non-hydrogen) atoms. The third-order valence-corrected chi connectivity index (χ3v) is 6.02. The van der Waals surface area contributed by atoms with Crippen molar-refractivity contribution in [2.45, 2.75) is 70.9 Å². The highest BCUT2D eigenvalue weighted by Crippen LogP contribution is 2.28. The van der Waals surface area contributed by atoms with Crippen molar-refractivity contribution in [3.05, 3.63) is 0 Å². The van der Waals surface area contributed by atoms with E-state index in [1.165, 1.54) is 25.7 Å². The van der Waals surface area contributed by atoms with E-state index in [-0.39, 0.29) is 5.92 Å². The Hall–Kier alpha value is -1.30. The third-order valence-electron chi connectivity index (χ3n) is 6.02. The number of nitrogens with one attached hydrogen (secondary N) is 2. The van der Waals surface area contributed by atoms with Crippen LogP contribution in [0.25, 0.3) is 0 Å². The molecule has 1 atom stereocenters. The smallest absolute Gasteiger partial charge is 0.225 e. The second-order valence-corrected chi connectivity index (χ2v) is 8.02. The highest BCUT2D eigenvalue weighted by molar-refractivity contribution is 5.81. The SMILES string of the molecule is CCNC(=NCCN(CC)C1CC1)NC1CCN(C(=O)C2CCCC2)C1. The van der Waals surface area contributed by atoms with Crippen LogP contribution in [-0.4, -0.2) is 73.0 Å². The lowest BCUT2D eigenvalue weighted by atomic mass is 10.1. The van der Waals surface area contributed by atoms with Gasteiger partial charge < -0.3 is 15.5 Å². The van der Waals surface area contributed by atoms with Crippen molar-refractivity contribution in [2.75, 3.05) is 39.3 Å². The van der Waals surface area contributed by atoms with Gasteiger partial charge in [0.15, 0.2) is 5.96 Å². The molecule has 0 aromatic carbocycles. The van der Waals surface area contributed by atoms with Crippen LogP contribution in [0.1, 0.15) is 58.8 Å². The van der Waals surface area contributed by atoms with Gasteiger partial charge in [-0.1, -0.05) is 19.8 Å². The number of aliphatic imine (C=N–C) groups is 1. The molecule has 0 bridgehead atoms. The summed E-state index contributed by atoms with van der Waals surface area (Å²) in [7, 11) is 0. The van der Waals surface area contributed by atoms with Gasteiger partial charge in [-0.25, -0.2) is 0 Å². The van der Waals surface area contributed by atoms with Gasteiger partial charge in [-0.3, -0.25) is 14.7 Å². The number of rotatable bonds is 8. The third kappa shape index (κ3) is 5.35. The minimum atomic E-state index is 0.290. The Labute approximate surface area is 158 Å². The van der Waals surface area contributed by atoms with Gasteiger partial charge in [0.05, 0.1) is 6.54 Å². The van der Waals surface area contributed by atoms with E-state index in [1.807, 2.05) is 0 Å². The predicted molar refractivity (Wildman–Crippen MR) is 106 cm³/mol. The summed E-state index contributed by atoms with van der Waals surface area (Å²) in [6, 6.07) is 1.12. The van der Waals surface area contributed by atoms with Gasteiger partial charge in [-0.05, 0) is 45.6 Å². The molecule has 3 fully saturated rings. The van der Waals surface area contributed by atoms with Crippen molar-refractivity contribution >= 4 is 11.9 Å². The van der Waals surface area contributed by atoms with Crippen LogP contribution in [0.2, 0.25) is 0 Å². The van der Waals surface area contributed by atoms with Crippen LogP contribution in [0.3, 0.4) is 0 Å². The first-order chi connectivity index (χ1) is 12.7. The van der Waals surface area contributed by atoms with Crippen molar-refractivity contribution in [2.24, 2.45) is 10.9 Å². The number of guanidine groups is 1. The fraction of sp³-hybridized carbons (Fsp3) is 0.900. The quantitative estimate of drug-likeness (QED) is 0.510. The zero-order valence-electron chi connectivity index (χ0n) is 16.7. The molecule has 0 radical (unpaired) electrons. The molecule has 2 aliphatic carbocycles. The van der Waals surface area contributed by atoms with Gasteiger partial charge in [0.1, 0.15) is 0 Å². The van der Waals surface area contributed by atoms with Crippen LogP contribution < -0.4 is 10.6 Å². The minimum absolute atomic E-state index is 0.290. The molecule has 0 aromatic rings. The van der Waals surface area contributed by atoms with E-state index in [0.29, 0.717) is 11.9 Å². The number of hydrogen-bond donors (Lipinski definition) is 2. The van der Waals surface area contributed by atoms with E-state index in [4.69, 9.17) is 4.99 Å². The average Bonchev–Trinajstić information content (AvgIpc) is 3.14. The summed E-state index contributed by atoms with van der Waals surface area (Å²) in [5.41, 5.74) is 0. The molecule has 6 nitrogen and oxygen atoms in total. The number of amides is 1. The molecule has 0 spiro atoms. The van der Waals surface area contributed by atoms with Crippen molar-refractivity contribution < 1.29 is 4.79 Å². The summed E-state index contributed by atoms with van der Waals surface area (Å²) in [6.45, 7) is 9.89. The van der Waals surface area contributed by atoms with Gasteiger partial charge in [-0.15, -0.1) is 0 Å². The molecule has 1 aliphatic heterocycles. The number of nitrogens with zero attached hydrogens (tertiary/aromatic N) is 3. The fourth-order valence-corrected chi connectivity index (χ4v) is 4.35. The monoisotopic (exact) mass is 363 g/mol. The van der Waals surface area contributed by atoms with Crippen molar-refractivity contribution in [3.8, 4) is 0 Å². The van der Waals surface area contributed by atoms with Gasteiger partial charge in [0, 0.05) is 44.2 Å². The molecule has 0 aromatic heterocycles. The Morgan fingerprint density at radius 3 is 2.58 bits per heavy atom. The molecule has 1 heterocycles. The Balaban J connectivity index is 1.45. The molecule has 2 saturated carbocycles. The molecular formula is C20H37N5O. The highest BCUT2D eigenvalue weighted by Gasteiger charge is 2.32. The van der Waals surface area contributed by atoms with Crippen molar-refractivity contribution in [3.63, 3.8) is 0 Å². The maximum absolute atomic E-state index is 12.6. The zero-order chi connectivity index (χ0) is 18.4. The molecule has 3 aliphatic rings. The molecule has 6 heteroatoms. The normalized spacial score (nSPS) is 24.5. The first kappa shape index (κ1) is 19.5. The number of hydrogen-bond acceptors (Lipinski definition) is 3. The Morgan fingerprint density at radius 1 is 1.15 bits per heavy atom. The summed E-state index contributed by atoms with van der Waals surface area (Å²) in [4.78, 5) is 22.0. The van der Waals surface area contributed by atoms with Crippen LogP contribution in [0, 0.1) is 5.92 Å². The van der Waals surface area contributed by atoms with Crippen LogP contribution in [-0.2, 0) is 4.79 Å². The van der Waals surface area contributed by atoms with Crippen LogP contribution in [0.4, 0.5) is 0 Å². The summed E-state index contributed by atoms with van der Waals surface area (Å²) in [5, 5.41) is 6.92. The lowest BCUT2D eigenvalue weighted by Crippen LogP contribution is -2.45. The lowest BCUT2D eigenvalue weighted by molar-refractivity contribution is -0.134. The van der Waals surface area contributed by atoms with Gasteiger partial charge in [0.2, 0.25) is 5.91 Å². The minimum Gasteiger partial charge on any atom is -0.357 e. The van der Waals surface area contributed by atoms with Crippen molar-refractivity contribution in [1.82, 2.24) is 20.4 Å². The number of likely N-dealkylation sites (tertiary alicyclic amines) is 1. The topological polar surface area (TPSA) is 60.0 Å². The fourth-order valence-electron chi connectivity index (χ4n) is 4.35. The lowest BCUT2D eigenvalue weighted by Gasteiger charge is -2.22. The second kappa shape index (κ2) is 9.58. The molecule has 148 valence electrons. The Kier molecular flexibility index (Phi) is 7.17. The second-order valence-electron chi connectivity index (χ2n) is 8.02. The van der Waals surface area contributed by atoms with Crippen LogP contribution in [0.5, 0.6) is 0 Å². The van der Waals surface area contributed by atoms with Crippen molar-refractivity contribution in [1.29, 1.82) is 0 Å². The largest absolute Gasteiger partial charge is 0.357 e. The first-order valence-electron chi connectivity index (χ1n) is 10.8. The molecule has 1 unspecified atom stereocenters.